The standard InChI is InChI=1S/C46H36N2.2BrH.Ni/c1-5-19-35(20-6-1)45(36-21-7-2-8-22-36)47-41-31-29-33-17-13-15-27-39(33)43(41)44-40-28-16-14-18-34(40)30-32-42(44)48-46(37-23-9-3-10-24-37)38-25-11-4-12-26-38;;;/h1-32,45-48H;2*1H;/q;;;+4/p-2. The number of anilines is 2. The van der Waals surface area contributed by atoms with Gasteiger partial charge >= 0.3 is 39.3 Å². The van der Waals surface area contributed by atoms with Gasteiger partial charge in [0, 0.05) is 22.5 Å². The van der Waals surface area contributed by atoms with Crippen LogP contribution >= 0.6 is 28.5 Å². The predicted molar refractivity (Wildman–Crippen MR) is 221 cm³/mol. The van der Waals surface area contributed by atoms with E-state index in [1.54, 1.807) is 0 Å². The third kappa shape index (κ3) is 7.97. The Kier molecular flexibility index (Phi) is 11.6. The summed E-state index contributed by atoms with van der Waals surface area (Å²) >= 11 is 6.00. The largest absolute Gasteiger partial charge is 0.374 e. The molecule has 0 radical (unpaired) electrons. The van der Waals surface area contributed by atoms with Gasteiger partial charge < -0.3 is 10.6 Å². The minimum Gasteiger partial charge on any atom is -0.374 e. The van der Waals surface area contributed by atoms with Gasteiger partial charge in [-0.3, -0.25) is 0 Å². The normalized spacial score (nSPS) is 11.1. The molecule has 0 spiro atoms. The fourth-order valence-electron chi connectivity index (χ4n) is 6.93. The van der Waals surface area contributed by atoms with E-state index < -0.39 is 0 Å². The summed E-state index contributed by atoms with van der Waals surface area (Å²) in [6.45, 7) is 0. The molecule has 0 atom stereocenters. The first-order valence-electron chi connectivity index (χ1n) is 16.8. The number of fused-ring (bicyclic) bond motifs is 2. The number of hydrogen-bond acceptors (Lipinski definition) is 2. The molecule has 2 N–H and O–H groups in total. The molecule has 0 unspecified atom stereocenters. The molecule has 8 aromatic rings. The zero-order chi connectivity index (χ0) is 34.8. The summed E-state index contributed by atoms with van der Waals surface area (Å²) < 4.78 is 0. The zero-order valence-electron chi connectivity index (χ0n) is 27.7. The Labute approximate surface area is 320 Å². The van der Waals surface area contributed by atoms with Crippen LogP contribution in [0.4, 0.5) is 11.4 Å². The van der Waals surface area contributed by atoms with Crippen molar-refractivity contribution >= 4 is 61.4 Å². The molecule has 8 rings (SSSR count). The van der Waals surface area contributed by atoms with Crippen LogP contribution in [-0.4, -0.2) is 0 Å². The van der Waals surface area contributed by atoms with Crippen LogP contribution in [0, 0.1) is 0 Å². The molecule has 0 fully saturated rings. The first kappa shape index (κ1) is 34.8. The van der Waals surface area contributed by atoms with Gasteiger partial charge in [-0.25, -0.2) is 0 Å². The fourth-order valence-corrected chi connectivity index (χ4v) is 6.93. The Balaban J connectivity index is 0.00000131. The molecule has 0 aliphatic rings. The van der Waals surface area contributed by atoms with Crippen LogP contribution < -0.4 is 10.6 Å². The van der Waals surface area contributed by atoms with E-state index in [0.717, 1.165) is 11.4 Å². The molecule has 0 saturated heterocycles. The molecule has 0 aromatic heterocycles. The molecule has 51 heavy (non-hydrogen) atoms. The third-order valence-electron chi connectivity index (χ3n) is 9.24. The Bertz CT molecular complexity index is 2070. The van der Waals surface area contributed by atoms with Gasteiger partial charge in [-0.05, 0) is 55.9 Å². The molecular formula is C46H36Br2N2Ni+2. The Morgan fingerprint density at radius 2 is 0.608 bits per heavy atom. The molecule has 8 aromatic carbocycles. The fraction of sp³-hybridized carbons (Fsp3) is 0.0435. The minimum atomic E-state index is -0.0416. The molecule has 5 heteroatoms. The van der Waals surface area contributed by atoms with E-state index in [2.05, 4.69) is 233 Å². The quantitative estimate of drug-likeness (QED) is 0.142. The van der Waals surface area contributed by atoms with Gasteiger partial charge in [0.2, 0.25) is 0 Å². The van der Waals surface area contributed by atoms with Crippen molar-refractivity contribution in [3.8, 4) is 11.1 Å². The molecular weight excluding hydrogens is 799 g/mol. The number of halogens is 2. The van der Waals surface area contributed by atoms with Crippen molar-refractivity contribution in [1.29, 1.82) is 0 Å². The Morgan fingerprint density at radius 3 is 0.922 bits per heavy atom. The van der Waals surface area contributed by atoms with E-state index in [0.29, 0.717) is 0 Å². The maximum Gasteiger partial charge on any atom is 0.0767 e. The van der Waals surface area contributed by atoms with Crippen molar-refractivity contribution in [3.63, 3.8) is 0 Å². The van der Waals surface area contributed by atoms with Gasteiger partial charge in [-0.1, -0.05) is 182 Å². The van der Waals surface area contributed by atoms with Gasteiger partial charge in [-0.2, -0.15) is 0 Å². The summed E-state index contributed by atoms with van der Waals surface area (Å²) in [6, 6.07) is 69.3. The molecule has 0 amide bonds. The van der Waals surface area contributed by atoms with Crippen molar-refractivity contribution in [2.75, 3.05) is 10.6 Å². The molecule has 0 saturated carbocycles. The van der Waals surface area contributed by atoms with Crippen molar-refractivity contribution in [3.05, 3.63) is 216 Å². The summed E-state index contributed by atoms with van der Waals surface area (Å²) in [5.41, 5.74) is 9.40. The number of rotatable bonds is 9. The predicted octanol–water partition coefficient (Wildman–Crippen LogP) is 13.8. The number of nitrogens with one attached hydrogen (secondary N) is 2. The van der Waals surface area contributed by atoms with Crippen LogP contribution in [0.2, 0.25) is 0 Å². The molecule has 252 valence electrons. The van der Waals surface area contributed by atoms with Crippen molar-refractivity contribution < 1.29 is 10.9 Å². The molecule has 0 bridgehead atoms. The van der Waals surface area contributed by atoms with Crippen LogP contribution in [-0.2, 0) is 10.9 Å². The van der Waals surface area contributed by atoms with Crippen LogP contribution in [0.3, 0.4) is 0 Å². The summed E-state index contributed by atoms with van der Waals surface area (Å²) in [4.78, 5) is 0. The van der Waals surface area contributed by atoms with Gasteiger partial charge in [0.15, 0.2) is 0 Å². The topological polar surface area (TPSA) is 24.1 Å². The smallest absolute Gasteiger partial charge is 0.0767 e. The van der Waals surface area contributed by atoms with E-state index in [-0.39, 0.29) is 12.1 Å². The Hall–Kier alpha value is -4.67. The summed E-state index contributed by atoms with van der Waals surface area (Å²) in [7, 11) is 1.25. The average Bonchev–Trinajstić information content (AvgIpc) is 3.20. The van der Waals surface area contributed by atoms with E-state index in [1.807, 2.05) is 0 Å². The molecule has 0 aliphatic heterocycles. The molecule has 2 nitrogen and oxygen atoms in total. The zero-order valence-corrected chi connectivity index (χ0v) is 31.9. The second-order valence-electron chi connectivity index (χ2n) is 12.3. The summed E-state index contributed by atoms with van der Waals surface area (Å²) in [6.07, 6.45) is 0. The monoisotopic (exact) mass is 832 g/mol. The van der Waals surface area contributed by atoms with Crippen LogP contribution in [0.15, 0.2) is 194 Å². The summed E-state index contributed by atoms with van der Waals surface area (Å²) in [5, 5.41) is 12.9. The Morgan fingerprint density at radius 1 is 0.333 bits per heavy atom. The van der Waals surface area contributed by atoms with Gasteiger partial charge in [-0.15, -0.1) is 0 Å². The van der Waals surface area contributed by atoms with Crippen molar-refractivity contribution in [2.45, 2.75) is 12.1 Å². The minimum absolute atomic E-state index is 0.0416. The van der Waals surface area contributed by atoms with Crippen LogP contribution in [0.1, 0.15) is 34.3 Å². The SMILES string of the molecule is [Br][Ni+2][Br].c1ccc(C(Nc2ccc3ccccc3c2-c2c(NC(c3ccccc3)c3ccccc3)ccc3ccccc23)c2ccccc2)cc1. The van der Waals surface area contributed by atoms with E-state index in [9.17, 15) is 0 Å². The number of hydrogen-bond donors (Lipinski definition) is 2. The van der Waals surface area contributed by atoms with Crippen LogP contribution in [0.5, 0.6) is 0 Å². The van der Waals surface area contributed by atoms with Crippen molar-refractivity contribution in [1.82, 2.24) is 0 Å². The second kappa shape index (κ2) is 17.0. The average molecular weight is 835 g/mol. The van der Waals surface area contributed by atoms with Crippen LogP contribution in [0.25, 0.3) is 32.7 Å². The molecule has 0 heterocycles. The maximum atomic E-state index is 4.05. The van der Waals surface area contributed by atoms with E-state index >= 15 is 0 Å². The maximum absolute atomic E-state index is 4.05. The second-order valence-corrected chi connectivity index (χ2v) is 17.2. The van der Waals surface area contributed by atoms with E-state index in [4.69, 9.17) is 0 Å². The van der Waals surface area contributed by atoms with Crippen molar-refractivity contribution in [2.24, 2.45) is 0 Å². The molecule has 0 aliphatic carbocycles. The number of benzene rings is 8. The van der Waals surface area contributed by atoms with E-state index in [1.165, 1.54) is 65.8 Å². The van der Waals surface area contributed by atoms with Gasteiger partial charge in [0.1, 0.15) is 0 Å². The van der Waals surface area contributed by atoms with Gasteiger partial charge in [0.25, 0.3) is 0 Å². The first-order valence-corrected chi connectivity index (χ1v) is 21.7. The first-order chi connectivity index (χ1) is 25.2. The van der Waals surface area contributed by atoms with Gasteiger partial charge in [0.05, 0.1) is 12.1 Å². The third-order valence-corrected chi connectivity index (χ3v) is 9.24. The summed E-state index contributed by atoms with van der Waals surface area (Å²) in [5.74, 6) is 0.